The zero-order valence-electron chi connectivity index (χ0n) is 17.4. The lowest BCUT2D eigenvalue weighted by Crippen LogP contribution is -2.24. The van der Waals surface area contributed by atoms with Crippen molar-refractivity contribution in [1.82, 2.24) is 4.57 Å². The second-order valence-corrected chi connectivity index (χ2v) is 7.10. The van der Waals surface area contributed by atoms with E-state index < -0.39 is 12.1 Å². The number of ketones is 1. The number of benzene rings is 2. The van der Waals surface area contributed by atoms with Gasteiger partial charge in [-0.2, -0.15) is 0 Å². The van der Waals surface area contributed by atoms with E-state index in [2.05, 4.69) is 0 Å². The molecule has 0 aliphatic heterocycles. The summed E-state index contributed by atoms with van der Waals surface area (Å²) in [5, 5.41) is 0. The number of nitrogens with zero attached hydrogens (tertiary/aromatic N) is 1. The fraction of sp³-hybridized carbons (Fsp3) is 0.250. The summed E-state index contributed by atoms with van der Waals surface area (Å²) in [4.78, 5) is 25.4. The second kappa shape index (κ2) is 8.35. The summed E-state index contributed by atoms with van der Waals surface area (Å²) < 4.78 is 12.6. The van der Waals surface area contributed by atoms with Crippen LogP contribution in [0, 0.1) is 20.8 Å². The number of esters is 1. The lowest BCUT2D eigenvalue weighted by molar-refractivity contribution is 0.0318. The van der Waals surface area contributed by atoms with Crippen molar-refractivity contribution in [2.75, 3.05) is 7.11 Å². The van der Waals surface area contributed by atoms with Gasteiger partial charge in [-0.25, -0.2) is 4.79 Å². The van der Waals surface area contributed by atoms with Crippen molar-refractivity contribution in [2.24, 2.45) is 0 Å². The molecule has 0 N–H and O–H groups in total. The molecule has 0 amide bonds. The molecule has 2 aromatic carbocycles. The number of carbonyl (C=O) groups excluding carboxylic acids is 2. The van der Waals surface area contributed by atoms with Crippen LogP contribution >= 0.6 is 0 Å². The summed E-state index contributed by atoms with van der Waals surface area (Å²) in [6, 6.07) is 16.6. The predicted molar refractivity (Wildman–Crippen MR) is 112 cm³/mol. The van der Waals surface area contributed by atoms with Gasteiger partial charge in [-0.1, -0.05) is 17.7 Å². The molecule has 1 atom stereocenters. The molecule has 1 heterocycles. The van der Waals surface area contributed by atoms with Crippen LogP contribution in [0.3, 0.4) is 0 Å². The van der Waals surface area contributed by atoms with E-state index in [1.54, 1.807) is 44.4 Å². The number of hydrogen-bond donors (Lipinski definition) is 0. The number of ether oxygens (including phenoxy) is 2. The van der Waals surface area contributed by atoms with E-state index in [0.29, 0.717) is 16.9 Å². The summed E-state index contributed by atoms with van der Waals surface area (Å²) >= 11 is 0. The van der Waals surface area contributed by atoms with Crippen LogP contribution in [0.2, 0.25) is 0 Å². The number of methoxy groups -OCH3 is 1. The highest BCUT2D eigenvalue weighted by molar-refractivity contribution is 6.01. The quantitative estimate of drug-likeness (QED) is 0.446. The number of Topliss-reactive ketones (excluding diaryl/α,β-unsaturated/α-hetero) is 1. The van der Waals surface area contributed by atoms with E-state index in [-0.39, 0.29) is 5.78 Å². The van der Waals surface area contributed by atoms with Gasteiger partial charge in [0.2, 0.25) is 5.78 Å². The van der Waals surface area contributed by atoms with Crippen LogP contribution in [-0.4, -0.2) is 29.5 Å². The Hall–Kier alpha value is -3.34. The molecule has 5 nitrogen and oxygen atoms in total. The second-order valence-electron chi connectivity index (χ2n) is 7.10. The number of hydrogen-bond acceptors (Lipinski definition) is 4. The molecule has 0 saturated heterocycles. The van der Waals surface area contributed by atoms with Crippen molar-refractivity contribution in [1.29, 1.82) is 0 Å². The first-order chi connectivity index (χ1) is 13.8. The van der Waals surface area contributed by atoms with Gasteiger partial charge in [0.1, 0.15) is 5.75 Å². The average molecular weight is 391 g/mol. The van der Waals surface area contributed by atoms with Crippen molar-refractivity contribution in [3.63, 3.8) is 0 Å². The van der Waals surface area contributed by atoms with Gasteiger partial charge in [0.25, 0.3) is 0 Å². The van der Waals surface area contributed by atoms with Crippen LogP contribution in [0.1, 0.15) is 44.6 Å². The first-order valence-corrected chi connectivity index (χ1v) is 9.47. The molecule has 29 heavy (non-hydrogen) atoms. The first-order valence-electron chi connectivity index (χ1n) is 9.47. The minimum Gasteiger partial charge on any atom is -0.497 e. The molecule has 1 aromatic heterocycles. The van der Waals surface area contributed by atoms with E-state index >= 15 is 0 Å². The van der Waals surface area contributed by atoms with Gasteiger partial charge >= 0.3 is 5.97 Å². The number of aryl methyl sites for hydroxylation is 2. The van der Waals surface area contributed by atoms with Crippen molar-refractivity contribution in [2.45, 2.75) is 33.8 Å². The standard InChI is InChI=1S/C24H25NO4/c1-15-6-10-20(11-7-15)25-16(2)14-22(17(25)3)24(27)29-18(4)23(26)19-8-12-21(28-5)13-9-19/h6-14,18H,1-5H3/t18-/m0/s1. The Morgan fingerprint density at radius 2 is 1.55 bits per heavy atom. The SMILES string of the molecule is COc1ccc(C(=O)[C@H](C)OC(=O)c2cc(C)n(-c3ccc(C)cc3)c2C)cc1. The normalized spacial score (nSPS) is 11.8. The molecule has 0 unspecified atom stereocenters. The van der Waals surface area contributed by atoms with Gasteiger partial charge in [-0.15, -0.1) is 0 Å². The van der Waals surface area contributed by atoms with Crippen LogP contribution < -0.4 is 4.74 Å². The Morgan fingerprint density at radius 1 is 0.931 bits per heavy atom. The topological polar surface area (TPSA) is 57.5 Å². The van der Waals surface area contributed by atoms with Gasteiger partial charge in [0.15, 0.2) is 6.10 Å². The molecule has 3 aromatic rings. The number of rotatable bonds is 6. The molecule has 5 heteroatoms. The zero-order valence-corrected chi connectivity index (χ0v) is 17.4. The van der Waals surface area contributed by atoms with Gasteiger partial charge in [-0.3, -0.25) is 4.79 Å². The average Bonchev–Trinajstić information content (AvgIpc) is 3.02. The lowest BCUT2D eigenvalue weighted by Gasteiger charge is -2.13. The number of aromatic nitrogens is 1. The smallest absolute Gasteiger partial charge is 0.340 e. The highest BCUT2D eigenvalue weighted by atomic mass is 16.5. The molecule has 0 saturated carbocycles. The van der Waals surface area contributed by atoms with Crippen LogP contribution in [0.15, 0.2) is 54.6 Å². The maximum Gasteiger partial charge on any atom is 0.340 e. The van der Waals surface area contributed by atoms with Gasteiger partial charge < -0.3 is 14.0 Å². The third kappa shape index (κ3) is 4.24. The van der Waals surface area contributed by atoms with Crippen LogP contribution in [-0.2, 0) is 4.74 Å². The minimum absolute atomic E-state index is 0.256. The Kier molecular flexibility index (Phi) is 5.87. The van der Waals surface area contributed by atoms with E-state index in [1.165, 1.54) is 5.56 Å². The molecule has 0 aliphatic carbocycles. The summed E-state index contributed by atoms with van der Waals surface area (Å²) in [6.45, 7) is 7.43. The number of carbonyl (C=O) groups is 2. The molecule has 0 fully saturated rings. The maximum absolute atomic E-state index is 12.8. The molecule has 3 rings (SSSR count). The van der Waals surface area contributed by atoms with Crippen molar-refractivity contribution < 1.29 is 19.1 Å². The summed E-state index contributed by atoms with van der Waals surface area (Å²) in [6.07, 6.45) is -0.890. The van der Waals surface area contributed by atoms with Crippen LogP contribution in [0.25, 0.3) is 5.69 Å². The lowest BCUT2D eigenvalue weighted by atomic mass is 10.1. The molecule has 0 radical (unpaired) electrons. The van der Waals surface area contributed by atoms with Gasteiger partial charge in [-0.05, 0) is 70.2 Å². The Morgan fingerprint density at radius 3 is 2.14 bits per heavy atom. The Labute approximate surface area is 170 Å². The summed E-state index contributed by atoms with van der Waals surface area (Å²) in [5.74, 6) is -0.103. The van der Waals surface area contributed by atoms with E-state index in [1.807, 2.05) is 49.6 Å². The third-order valence-electron chi connectivity index (χ3n) is 4.97. The minimum atomic E-state index is -0.890. The fourth-order valence-electron chi connectivity index (χ4n) is 3.33. The third-order valence-corrected chi connectivity index (χ3v) is 4.97. The zero-order chi connectivity index (χ0) is 21.1. The van der Waals surface area contributed by atoms with Gasteiger partial charge in [0, 0.05) is 22.6 Å². The maximum atomic E-state index is 12.8. The monoisotopic (exact) mass is 391 g/mol. The molecule has 0 aliphatic rings. The van der Waals surface area contributed by atoms with Crippen LogP contribution in [0.4, 0.5) is 0 Å². The molecule has 0 spiro atoms. The molecule has 0 bridgehead atoms. The summed E-state index contributed by atoms with van der Waals surface area (Å²) in [7, 11) is 1.56. The van der Waals surface area contributed by atoms with Crippen LogP contribution in [0.5, 0.6) is 5.75 Å². The molecule has 150 valence electrons. The molecular formula is C24H25NO4. The molecular weight excluding hydrogens is 366 g/mol. The highest BCUT2D eigenvalue weighted by Crippen LogP contribution is 2.23. The van der Waals surface area contributed by atoms with Crippen molar-refractivity contribution in [3.05, 3.63) is 82.7 Å². The van der Waals surface area contributed by atoms with Crippen molar-refractivity contribution >= 4 is 11.8 Å². The van der Waals surface area contributed by atoms with Crippen molar-refractivity contribution in [3.8, 4) is 11.4 Å². The fourth-order valence-corrected chi connectivity index (χ4v) is 3.33. The van der Waals surface area contributed by atoms with Gasteiger partial charge in [0.05, 0.1) is 12.7 Å². The largest absolute Gasteiger partial charge is 0.497 e. The first kappa shape index (κ1) is 20.4. The summed E-state index contributed by atoms with van der Waals surface area (Å²) in [5.41, 5.74) is 4.77. The Balaban J connectivity index is 1.79. The van der Waals surface area contributed by atoms with E-state index in [9.17, 15) is 9.59 Å². The predicted octanol–water partition coefficient (Wildman–Crippen LogP) is 4.84. The van der Waals surface area contributed by atoms with E-state index in [4.69, 9.17) is 9.47 Å². The van der Waals surface area contributed by atoms with E-state index in [0.717, 1.165) is 17.1 Å². The Bertz CT molecular complexity index is 1030. The highest BCUT2D eigenvalue weighted by Gasteiger charge is 2.24.